The Morgan fingerprint density at radius 2 is 1.79 bits per heavy atom. The molecule has 0 fully saturated rings. The second-order valence-electron chi connectivity index (χ2n) is 7.66. The molecule has 0 bridgehead atoms. The predicted molar refractivity (Wildman–Crippen MR) is 116 cm³/mol. The van der Waals surface area contributed by atoms with Crippen LogP contribution in [0.2, 0.25) is 0 Å². The van der Waals surface area contributed by atoms with E-state index in [9.17, 15) is 4.39 Å². The second kappa shape index (κ2) is 8.85. The molecule has 28 heavy (non-hydrogen) atoms. The van der Waals surface area contributed by atoms with Crippen molar-refractivity contribution in [2.45, 2.75) is 20.4 Å². The molecule has 0 atom stereocenters. The minimum absolute atomic E-state index is 0.0795. The molecule has 0 aromatic heterocycles. The number of hydrogen-bond acceptors (Lipinski definition) is 2. The maximum absolute atomic E-state index is 13.6. The van der Waals surface area contributed by atoms with Gasteiger partial charge in [-0.05, 0) is 46.5 Å². The highest BCUT2D eigenvalue weighted by atomic mass is 19.1. The Kier molecular flexibility index (Phi) is 6.26. The second-order valence-corrected chi connectivity index (χ2v) is 7.66. The summed E-state index contributed by atoms with van der Waals surface area (Å²) in [5.74, 6) is 0.306. The van der Waals surface area contributed by atoms with E-state index in [-0.39, 0.29) is 11.2 Å². The third-order valence-corrected chi connectivity index (χ3v) is 4.66. The Bertz CT molecular complexity index is 960. The van der Waals surface area contributed by atoms with E-state index in [4.69, 9.17) is 10.7 Å². The van der Waals surface area contributed by atoms with Gasteiger partial charge in [-0.3, -0.25) is 0 Å². The van der Waals surface area contributed by atoms with Crippen molar-refractivity contribution in [3.8, 4) is 0 Å². The molecule has 0 spiro atoms. The van der Waals surface area contributed by atoms with E-state index in [0.29, 0.717) is 31.3 Å². The summed E-state index contributed by atoms with van der Waals surface area (Å²) >= 11 is 0. The van der Waals surface area contributed by atoms with Gasteiger partial charge in [0.05, 0.1) is 6.54 Å². The normalized spacial score (nSPS) is 12.2. The van der Waals surface area contributed by atoms with E-state index in [1.54, 1.807) is 6.07 Å². The standard InChI is InChI=1S/C23H27FN4/c1-23(2,15-25)16-27-22(28-20-11-6-10-19(24)13-20)26-14-18-9-5-8-17-7-3-4-12-21(17)18/h3-13H,14-16,25H2,1-2H3,(H2,26,27,28). The van der Waals surface area contributed by atoms with Crippen molar-refractivity contribution in [2.75, 3.05) is 18.4 Å². The largest absolute Gasteiger partial charge is 0.356 e. The van der Waals surface area contributed by atoms with Crippen LogP contribution in [0, 0.1) is 11.2 Å². The fourth-order valence-corrected chi connectivity index (χ4v) is 2.83. The topological polar surface area (TPSA) is 62.4 Å². The van der Waals surface area contributed by atoms with Crippen LogP contribution in [0.4, 0.5) is 10.1 Å². The molecule has 0 heterocycles. The lowest BCUT2D eigenvalue weighted by Crippen LogP contribution is -2.41. The summed E-state index contributed by atoms with van der Waals surface area (Å²) in [5, 5.41) is 8.90. The molecule has 4 N–H and O–H groups in total. The van der Waals surface area contributed by atoms with Crippen molar-refractivity contribution < 1.29 is 4.39 Å². The summed E-state index contributed by atoms with van der Waals surface area (Å²) in [6.45, 7) is 5.89. The van der Waals surface area contributed by atoms with Crippen molar-refractivity contribution in [2.24, 2.45) is 16.1 Å². The molecule has 0 saturated heterocycles. The summed E-state index contributed by atoms with van der Waals surface area (Å²) in [6, 6.07) is 20.8. The number of anilines is 1. The van der Waals surface area contributed by atoms with Gasteiger partial charge in [-0.15, -0.1) is 0 Å². The van der Waals surface area contributed by atoms with Crippen LogP contribution in [0.25, 0.3) is 10.8 Å². The van der Waals surface area contributed by atoms with Crippen molar-refractivity contribution in [3.63, 3.8) is 0 Å². The Morgan fingerprint density at radius 1 is 1.04 bits per heavy atom. The van der Waals surface area contributed by atoms with Crippen LogP contribution in [0.15, 0.2) is 71.7 Å². The fraction of sp³-hybridized carbons (Fsp3) is 0.261. The van der Waals surface area contributed by atoms with E-state index in [1.807, 2.05) is 24.3 Å². The zero-order valence-electron chi connectivity index (χ0n) is 16.4. The highest BCUT2D eigenvalue weighted by Gasteiger charge is 2.16. The van der Waals surface area contributed by atoms with Crippen molar-refractivity contribution in [3.05, 3.63) is 78.1 Å². The summed E-state index contributed by atoms with van der Waals surface area (Å²) < 4.78 is 13.6. The van der Waals surface area contributed by atoms with Gasteiger partial charge < -0.3 is 16.4 Å². The monoisotopic (exact) mass is 378 g/mol. The van der Waals surface area contributed by atoms with Crippen molar-refractivity contribution >= 4 is 22.4 Å². The van der Waals surface area contributed by atoms with Crippen LogP contribution >= 0.6 is 0 Å². The number of benzene rings is 3. The average Bonchev–Trinajstić information content (AvgIpc) is 2.70. The summed E-state index contributed by atoms with van der Waals surface area (Å²) in [6.07, 6.45) is 0. The minimum Gasteiger partial charge on any atom is -0.356 e. The lowest BCUT2D eigenvalue weighted by atomic mass is 9.94. The maximum Gasteiger partial charge on any atom is 0.196 e. The molecule has 0 amide bonds. The van der Waals surface area contributed by atoms with Crippen LogP contribution in [0.5, 0.6) is 0 Å². The fourth-order valence-electron chi connectivity index (χ4n) is 2.83. The van der Waals surface area contributed by atoms with E-state index < -0.39 is 0 Å². The molecule has 0 aliphatic carbocycles. The summed E-state index contributed by atoms with van der Waals surface area (Å²) in [4.78, 5) is 4.74. The van der Waals surface area contributed by atoms with E-state index in [2.05, 4.69) is 48.7 Å². The summed E-state index contributed by atoms with van der Waals surface area (Å²) in [7, 11) is 0. The van der Waals surface area contributed by atoms with Gasteiger partial charge in [0.15, 0.2) is 5.96 Å². The molecule has 0 aliphatic heterocycles. The number of fused-ring (bicyclic) bond motifs is 1. The number of rotatable bonds is 6. The number of nitrogens with zero attached hydrogens (tertiary/aromatic N) is 1. The van der Waals surface area contributed by atoms with Gasteiger partial charge in [-0.25, -0.2) is 9.38 Å². The molecule has 0 unspecified atom stereocenters. The molecule has 146 valence electrons. The quantitative estimate of drug-likeness (QED) is 0.436. The Hall–Kier alpha value is -2.92. The average molecular weight is 378 g/mol. The van der Waals surface area contributed by atoms with Crippen LogP contribution < -0.4 is 16.4 Å². The number of aliphatic imine (C=N–C) groups is 1. The van der Waals surface area contributed by atoms with Crippen LogP contribution in [0.1, 0.15) is 19.4 Å². The van der Waals surface area contributed by atoms with Gasteiger partial charge in [0, 0.05) is 12.2 Å². The summed E-state index contributed by atoms with van der Waals surface area (Å²) in [5.41, 5.74) is 7.55. The van der Waals surface area contributed by atoms with Gasteiger partial charge in [0.2, 0.25) is 0 Å². The first kappa shape index (κ1) is 19.8. The maximum atomic E-state index is 13.6. The molecule has 0 saturated carbocycles. The van der Waals surface area contributed by atoms with Crippen LogP contribution in [-0.4, -0.2) is 19.0 Å². The molecular weight excluding hydrogens is 351 g/mol. The molecular formula is C23H27FN4. The number of halogens is 1. The molecule has 3 rings (SSSR count). The van der Waals surface area contributed by atoms with E-state index in [0.717, 1.165) is 5.56 Å². The number of hydrogen-bond donors (Lipinski definition) is 3. The third-order valence-electron chi connectivity index (χ3n) is 4.66. The Balaban J connectivity index is 1.84. The van der Waals surface area contributed by atoms with Gasteiger partial charge >= 0.3 is 0 Å². The Labute approximate surface area is 165 Å². The van der Waals surface area contributed by atoms with Gasteiger partial charge in [0.1, 0.15) is 5.82 Å². The Morgan fingerprint density at radius 3 is 2.57 bits per heavy atom. The number of nitrogens with two attached hydrogens (primary N) is 1. The highest BCUT2D eigenvalue weighted by molar-refractivity contribution is 5.94. The zero-order valence-corrected chi connectivity index (χ0v) is 16.4. The molecule has 3 aromatic rings. The number of guanidine groups is 1. The number of nitrogens with one attached hydrogen (secondary N) is 2. The zero-order chi connectivity index (χ0) is 20.0. The van der Waals surface area contributed by atoms with E-state index in [1.165, 1.54) is 22.9 Å². The molecule has 0 radical (unpaired) electrons. The molecule has 4 nitrogen and oxygen atoms in total. The van der Waals surface area contributed by atoms with Crippen LogP contribution in [-0.2, 0) is 6.54 Å². The molecule has 0 aliphatic rings. The lowest BCUT2D eigenvalue weighted by molar-refractivity contribution is 0.376. The predicted octanol–water partition coefficient (Wildman–Crippen LogP) is 4.52. The molecule has 5 heteroatoms. The van der Waals surface area contributed by atoms with Gasteiger partial charge in [-0.2, -0.15) is 0 Å². The lowest BCUT2D eigenvalue weighted by Gasteiger charge is -2.24. The third kappa shape index (κ3) is 5.30. The van der Waals surface area contributed by atoms with Gasteiger partial charge in [0.25, 0.3) is 0 Å². The SMILES string of the molecule is CC(C)(CN)CNC(=NCc1cccc2ccccc12)Nc1cccc(F)c1. The first-order valence-electron chi connectivity index (χ1n) is 9.44. The molecule has 3 aromatic carbocycles. The first-order valence-corrected chi connectivity index (χ1v) is 9.44. The highest BCUT2D eigenvalue weighted by Crippen LogP contribution is 2.19. The van der Waals surface area contributed by atoms with Gasteiger partial charge in [-0.1, -0.05) is 62.4 Å². The minimum atomic E-state index is -0.291. The smallest absolute Gasteiger partial charge is 0.196 e. The first-order chi connectivity index (χ1) is 13.5. The van der Waals surface area contributed by atoms with Crippen molar-refractivity contribution in [1.29, 1.82) is 0 Å². The van der Waals surface area contributed by atoms with Crippen molar-refractivity contribution in [1.82, 2.24) is 5.32 Å². The van der Waals surface area contributed by atoms with Crippen LogP contribution in [0.3, 0.4) is 0 Å². The van der Waals surface area contributed by atoms with E-state index >= 15 is 0 Å².